The summed E-state index contributed by atoms with van der Waals surface area (Å²) in [6.07, 6.45) is 0.584. The first-order chi connectivity index (χ1) is 11.1. The standard InChI is InChI=1S/C17H23FN2O3/c1-22-12-17(6-7-19-11-17)16(21)20-8-9-23-15(10-20)13-2-4-14(18)5-3-13/h2-5,15,19H,6-12H2,1H3. The molecular weight excluding hydrogens is 299 g/mol. The van der Waals surface area contributed by atoms with Gasteiger partial charge in [0.25, 0.3) is 0 Å². The lowest BCUT2D eigenvalue weighted by Gasteiger charge is -2.38. The number of methoxy groups -OCH3 is 1. The van der Waals surface area contributed by atoms with Gasteiger partial charge >= 0.3 is 0 Å². The number of nitrogens with zero attached hydrogens (tertiary/aromatic N) is 1. The Hall–Kier alpha value is -1.50. The fourth-order valence-electron chi connectivity index (χ4n) is 3.44. The summed E-state index contributed by atoms with van der Waals surface area (Å²) in [5.74, 6) is -0.145. The quantitative estimate of drug-likeness (QED) is 0.909. The van der Waals surface area contributed by atoms with Crippen LogP contribution in [0.2, 0.25) is 0 Å². The van der Waals surface area contributed by atoms with E-state index in [2.05, 4.69) is 5.32 Å². The van der Waals surface area contributed by atoms with E-state index in [1.807, 2.05) is 4.90 Å². The van der Waals surface area contributed by atoms with Crippen molar-refractivity contribution in [3.8, 4) is 0 Å². The molecule has 2 saturated heterocycles. The third-order valence-corrected chi connectivity index (χ3v) is 4.71. The molecule has 1 aromatic rings. The third kappa shape index (κ3) is 3.39. The predicted molar refractivity (Wildman–Crippen MR) is 83.5 cm³/mol. The molecule has 2 unspecified atom stereocenters. The highest BCUT2D eigenvalue weighted by Crippen LogP contribution is 2.31. The Labute approximate surface area is 135 Å². The van der Waals surface area contributed by atoms with Gasteiger partial charge in [-0.3, -0.25) is 4.79 Å². The monoisotopic (exact) mass is 322 g/mol. The number of hydrogen-bond donors (Lipinski definition) is 1. The van der Waals surface area contributed by atoms with Crippen molar-refractivity contribution in [2.24, 2.45) is 5.41 Å². The summed E-state index contributed by atoms with van der Waals surface area (Å²) in [6, 6.07) is 6.28. The van der Waals surface area contributed by atoms with E-state index in [9.17, 15) is 9.18 Å². The van der Waals surface area contributed by atoms with E-state index in [-0.39, 0.29) is 17.8 Å². The van der Waals surface area contributed by atoms with Crippen LogP contribution in [0.1, 0.15) is 18.1 Å². The largest absolute Gasteiger partial charge is 0.384 e. The number of carbonyl (C=O) groups is 1. The number of ether oxygens (including phenoxy) is 2. The smallest absolute Gasteiger partial charge is 0.232 e. The zero-order chi connectivity index (χ0) is 16.3. The van der Waals surface area contributed by atoms with Gasteiger partial charge in [0.2, 0.25) is 5.91 Å². The van der Waals surface area contributed by atoms with Crippen molar-refractivity contribution in [2.75, 3.05) is 46.5 Å². The summed E-state index contributed by atoms with van der Waals surface area (Å²) >= 11 is 0. The first-order valence-electron chi connectivity index (χ1n) is 8.01. The summed E-state index contributed by atoms with van der Waals surface area (Å²) < 4.78 is 24.2. The van der Waals surface area contributed by atoms with Crippen LogP contribution in [-0.2, 0) is 14.3 Å². The van der Waals surface area contributed by atoms with Crippen molar-refractivity contribution in [3.63, 3.8) is 0 Å². The van der Waals surface area contributed by atoms with Crippen LogP contribution in [0, 0.1) is 11.2 Å². The van der Waals surface area contributed by atoms with Crippen LogP contribution < -0.4 is 5.32 Å². The van der Waals surface area contributed by atoms with Crippen LogP contribution >= 0.6 is 0 Å². The first kappa shape index (κ1) is 16.4. The summed E-state index contributed by atoms with van der Waals surface area (Å²) in [5.41, 5.74) is 0.425. The fourth-order valence-corrected chi connectivity index (χ4v) is 3.44. The van der Waals surface area contributed by atoms with Crippen molar-refractivity contribution in [1.82, 2.24) is 10.2 Å². The molecule has 2 atom stereocenters. The van der Waals surface area contributed by atoms with Gasteiger partial charge in [0.15, 0.2) is 0 Å². The molecule has 0 aliphatic carbocycles. The minimum atomic E-state index is -0.473. The van der Waals surface area contributed by atoms with Gasteiger partial charge in [0.05, 0.1) is 25.2 Å². The normalized spacial score (nSPS) is 28.1. The maximum absolute atomic E-state index is 13.1. The number of morpholine rings is 1. The maximum Gasteiger partial charge on any atom is 0.232 e. The topological polar surface area (TPSA) is 50.8 Å². The Morgan fingerprint density at radius 2 is 2.26 bits per heavy atom. The van der Waals surface area contributed by atoms with Crippen LogP contribution in [-0.4, -0.2) is 57.3 Å². The zero-order valence-corrected chi connectivity index (χ0v) is 13.4. The number of rotatable bonds is 4. The molecule has 0 radical (unpaired) electrons. The minimum Gasteiger partial charge on any atom is -0.384 e. The molecule has 0 bridgehead atoms. The molecule has 6 heteroatoms. The van der Waals surface area contributed by atoms with Crippen LogP contribution in [0.3, 0.4) is 0 Å². The molecule has 1 aromatic carbocycles. The molecule has 23 heavy (non-hydrogen) atoms. The third-order valence-electron chi connectivity index (χ3n) is 4.71. The van der Waals surface area contributed by atoms with Gasteiger partial charge in [-0.15, -0.1) is 0 Å². The molecule has 2 fully saturated rings. The minimum absolute atomic E-state index is 0.125. The lowest BCUT2D eigenvalue weighted by Crippen LogP contribution is -2.52. The van der Waals surface area contributed by atoms with Crippen LogP contribution in [0.15, 0.2) is 24.3 Å². The molecule has 0 aromatic heterocycles. The van der Waals surface area contributed by atoms with Crippen LogP contribution in [0.4, 0.5) is 4.39 Å². The van der Waals surface area contributed by atoms with Crippen LogP contribution in [0.5, 0.6) is 0 Å². The van der Waals surface area contributed by atoms with Crippen molar-refractivity contribution in [2.45, 2.75) is 12.5 Å². The maximum atomic E-state index is 13.1. The van der Waals surface area contributed by atoms with E-state index in [0.717, 1.165) is 18.5 Å². The van der Waals surface area contributed by atoms with E-state index in [1.165, 1.54) is 12.1 Å². The van der Waals surface area contributed by atoms with Gasteiger partial charge in [-0.1, -0.05) is 12.1 Å². The second-order valence-corrected chi connectivity index (χ2v) is 6.30. The summed E-state index contributed by atoms with van der Waals surface area (Å²) in [5, 5.41) is 3.27. The van der Waals surface area contributed by atoms with Gasteiger partial charge in [-0.05, 0) is 30.7 Å². The van der Waals surface area contributed by atoms with Crippen molar-refractivity contribution in [1.29, 1.82) is 0 Å². The van der Waals surface area contributed by atoms with Gasteiger partial charge < -0.3 is 19.7 Å². The van der Waals surface area contributed by atoms with Crippen LogP contribution in [0.25, 0.3) is 0 Å². The molecule has 2 aliphatic heterocycles. The van der Waals surface area contributed by atoms with E-state index in [4.69, 9.17) is 9.47 Å². The number of benzene rings is 1. The Kier molecular flexibility index (Phi) is 4.94. The van der Waals surface area contributed by atoms with Gasteiger partial charge in [-0.2, -0.15) is 0 Å². The average molecular weight is 322 g/mol. The first-order valence-corrected chi connectivity index (χ1v) is 8.01. The zero-order valence-electron chi connectivity index (χ0n) is 13.4. The van der Waals surface area contributed by atoms with Gasteiger partial charge in [0.1, 0.15) is 11.9 Å². The lowest BCUT2D eigenvalue weighted by atomic mass is 9.86. The van der Waals surface area contributed by atoms with E-state index >= 15 is 0 Å². The highest BCUT2D eigenvalue weighted by Gasteiger charge is 2.44. The number of hydrogen-bond acceptors (Lipinski definition) is 4. The van der Waals surface area contributed by atoms with Gasteiger partial charge in [0, 0.05) is 20.2 Å². The molecule has 1 amide bonds. The van der Waals surface area contributed by atoms with Crippen molar-refractivity contribution in [3.05, 3.63) is 35.6 Å². The van der Waals surface area contributed by atoms with Crippen molar-refractivity contribution >= 4 is 5.91 Å². The summed E-state index contributed by atoms with van der Waals surface area (Å²) in [6.45, 7) is 3.48. The van der Waals surface area contributed by atoms with Crippen molar-refractivity contribution < 1.29 is 18.7 Å². The van der Waals surface area contributed by atoms with E-state index < -0.39 is 5.41 Å². The van der Waals surface area contributed by atoms with E-state index in [1.54, 1.807) is 19.2 Å². The second kappa shape index (κ2) is 6.95. The number of amides is 1. The molecule has 0 saturated carbocycles. The Bertz CT molecular complexity index is 543. The Morgan fingerprint density at radius 3 is 2.91 bits per heavy atom. The highest BCUT2D eigenvalue weighted by molar-refractivity contribution is 5.83. The molecule has 5 nitrogen and oxygen atoms in total. The number of carbonyl (C=O) groups excluding carboxylic acids is 1. The second-order valence-electron chi connectivity index (χ2n) is 6.30. The Morgan fingerprint density at radius 1 is 1.48 bits per heavy atom. The predicted octanol–water partition coefficient (Wildman–Crippen LogP) is 1.35. The molecular formula is C17H23FN2O3. The van der Waals surface area contributed by atoms with E-state index in [0.29, 0.717) is 32.8 Å². The SMILES string of the molecule is COCC1(C(=O)N2CCOC(c3ccc(F)cc3)C2)CCNC1. The van der Waals surface area contributed by atoms with Gasteiger partial charge in [-0.25, -0.2) is 4.39 Å². The molecule has 3 rings (SSSR count). The molecule has 2 aliphatic rings. The number of halogens is 1. The summed E-state index contributed by atoms with van der Waals surface area (Å²) in [7, 11) is 1.63. The molecule has 2 heterocycles. The number of nitrogens with one attached hydrogen (secondary N) is 1. The molecule has 126 valence electrons. The Balaban J connectivity index is 1.72. The highest BCUT2D eigenvalue weighted by atomic mass is 19.1. The lowest BCUT2D eigenvalue weighted by molar-refractivity contribution is -0.151. The summed E-state index contributed by atoms with van der Waals surface area (Å²) in [4.78, 5) is 14.9. The average Bonchev–Trinajstić information content (AvgIpc) is 3.05. The fraction of sp³-hybridized carbons (Fsp3) is 0.588. The molecule has 1 N–H and O–H groups in total. The molecule has 0 spiro atoms.